The molecule has 2 amide bonds. The smallest absolute Gasteiger partial charge is 0.307 e. The fourth-order valence-electron chi connectivity index (χ4n) is 1.27. The second kappa shape index (κ2) is 9.05. The van der Waals surface area contributed by atoms with Crippen LogP contribution in [0, 0.1) is 0 Å². The van der Waals surface area contributed by atoms with Gasteiger partial charge in [-0.3, -0.25) is 25.2 Å². The molecule has 1 aromatic rings. The topological polar surface area (TPSA) is 96.5 Å². The molecule has 0 aliphatic rings. The third-order valence-corrected chi connectivity index (χ3v) is 3.03. The molecule has 20 heavy (non-hydrogen) atoms. The lowest BCUT2D eigenvalue weighted by molar-refractivity contribution is -0.143. The molecule has 0 saturated heterocycles. The highest BCUT2D eigenvalue weighted by atomic mass is 32.1. The van der Waals surface area contributed by atoms with Gasteiger partial charge in [-0.15, -0.1) is 11.3 Å². The number of hydrazine groups is 1. The van der Waals surface area contributed by atoms with E-state index < -0.39 is 5.91 Å². The van der Waals surface area contributed by atoms with Crippen LogP contribution in [0.1, 0.15) is 23.0 Å². The molecule has 110 valence electrons. The average molecular weight is 299 g/mol. The van der Waals surface area contributed by atoms with Crippen LogP contribution in [-0.4, -0.2) is 37.5 Å². The molecule has 0 bridgehead atoms. The maximum absolute atomic E-state index is 11.5. The third-order valence-electron chi connectivity index (χ3n) is 2.16. The van der Waals surface area contributed by atoms with Crippen molar-refractivity contribution in [2.24, 2.45) is 0 Å². The van der Waals surface area contributed by atoms with Crippen molar-refractivity contribution in [3.8, 4) is 0 Å². The van der Waals surface area contributed by atoms with Gasteiger partial charge >= 0.3 is 5.97 Å². The molecule has 0 radical (unpaired) electrons. The van der Waals surface area contributed by atoms with Crippen molar-refractivity contribution in [3.63, 3.8) is 0 Å². The number of rotatable bonds is 7. The number of carbonyl (C=O) groups is 3. The van der Waals surface area contributed by atoms with Crippen LogP contribution in [0.15, 0.2) is 17.5 Å². The summed E-state index contributed by atoms with van der Waals surface area (Å²) in [5.41, 5.74) is 4.57. The predicted molar refractivity (Wildman–Crippen MR) is 74.0 cm³/mol. The van der Waals surface area contributed by atoms with E-state index in [-0.39, 0.29) is 24.8 Å². The van der Waals surface area contributed by atoms with Crippen molar-refractivity contribution in [3.05, 3.63) is 22.4 Å². The Hall–Kier alpha value is -1.93. The van der Waals surface area contributed by atoms with Crippen molar-refractivity contribution >= 4 is 29.1 Å². The molecule has 0 fully saturated rings. The summed E-state index contributed by atoms with van der Waals surface area (Å²) in [5, 5.41) is 4.54. The number of hydrogen-bond acceptors (Lipinski definition) is 6. The highest BCUT2D eigenvalue weighted by Crippen LogP contribution is 2.06. The van der Waals surface area contributed by atoms with Gasteiger partial charge in [-0.25, -0.2) is 0 Å². The van der Waals surface area contributed by atoms with Gasteiger partial charge in [0.1, 0.15) is 0 Å². The van der Waals surface area contributed by atoms with Crippen LogP contribution in [0.3, 0.4) is 0 Å². The number of thiophene rings is 1. The van der Waals surface area contributed by atoms with Crippen LogP contribution < -0.4 is 16.2 Å². The van der Waals surface area contributed by atoms with Gasteiger partial charge in [-0.2, -0.15) is 0 Å². The second-order valence-electron chi connectivity index (χ2n) is 3.71. The Morgan fingerprint density at radius 3 is 2.75 bits per heavy atom. The van der Waals surface area contributed by atoms with Gasteiger partial charge in [0.2, 0.25) is 0 Å². The van der Waals surface area contributed by atoms with E-state index in [1.807, 2.05) is 0 Å². The minimum Gasteiger partial charge on any atom is -0.466 e. The number of amides is 2. The Morgan fingerprint density at radius 1 is 1.30 bits per heavy atom. The van der Waals surface area contributed by atoms with E-state index in [2.05, 4.69) is 16.2 Å². The third kappa shape index (κ3) is 6.30. The van der Waals surface area contributed by atoms with Gasteiger partial charge in [-0.1, -0.05) is 6.07 Å². The van der Waals surface area contributed by atoms with Gasteiger partial charge in [0.05, 0.1) is 24.4 Å². The molecule has 0 unspecified atom stereocenters. The lowest BCUT2D eigenvalue weighted by atomic mass is 10.4. The SMILES string of the molecule is CCOC(=O)CCNCC(=O)NNC(=O)c1cccs1. The molecular formula is C12H17N3O4S. The molecular weight excluding hydrogens is 282 g/mol. The number of carbonyl (C=O) groups excluding carboxylic acids is 3. The van der Waals surface area contributed by atoms with Crippen LogP contribution >= 0.6 is 11.3 Å². The van der Waals surface area contributed by atoms with E-state index in [1.165, 1.54) is 11.3 Å². The zero-order valence-corrected chi connectivity index (χ0v) is 11.9. The van der Waals surface area contributed by atoms with E-state index in [4.69, 9.17) is 4.74 Å². The fourth-order valence-corrected chi connectivity index (χ4v) is 1.88. The van der Waals surface area contributed by atoms with Crippen molar-refractivity contribution < 1.29 is 19.1 Å². The Labute approximate surface area is 120 Å². The normalized spacial score (nSPS) is 9.85. The molecule has 0 aromatic carbocycles. The van der Waals surface area contributed by atoms with E-state index in [0.29, 0.717) is 18.0 Å². The van der Waals surface area contributed by atoms with E-state index in [1.54, 1.807) is 24.4 Å². The standard InChI is InChI=1S/C12H17N3O4S/c1-2-19-11(17)5-6-13-8-10(16)14-15-12(18)9-4-3-7-20-9/h3-4,7,13H,2,5-6,8H2,1H3,(H,14,16)(H,15,18). The lowest BCUT2D eigenvalue weighted by Gasteiger charge is -2.07. The Kier molecular flexibility index (Phi) is 7.30. The molecule has 1 aromatic heterocycles. The lowest BCUT2D eigenvalue weighted by Crippen LogP contribution is -2.45. The molecule has 3 N–H and O–H groups in total. The van der Waals surface area contributed by atoms with Gasteiger partial charge in [-0.05, 0) is 18.4 Å². The van der Waals surface area contributed by atoms with Gasteiger partial charge < -0.3 is 10.1 Å². The van der Waals surface area contributed by atoms with Crippen LogP contribution in [0.5, 0.6) is 0 Å². The van der Waals surface area contributed by atoms with E-state index >= 15 is 0 Å². The average Bonchev–Trinajstić information content (AvgIpc) is 2.95. The van der Waals surface area contributed by atoms with Crippen LogP contribution in [0.2, 0.25) is 0 Å². The summed E-state index contributed by atoms with van der Waals surface area (Å²) in [6.45, 7) is 2.42. The molecule has 0 aliphatic heterocycles. The van der Waals surface area contributed by atoms with Crippen molar-refractivity contribution in [1.29, 1.82) is 0 Å². The first kappa shape index (κ1) is 16.1. The minimum atomic E-state index is -0.390. The summed E-state index contributed by atoms with van der Waals surface area (Å²) in [5.74, 6) is -1.06. The van der Waals surface area contributed by atoms with Crippen molar-refractivity contribution in [2.45, 2.75) is 13.3 Å². The van der Waals surface area contributed by atoms with Crippen LogP contribution in [0.25, 0.3) is 0 Å². The minimum absolute atomic E-state index is 0.00409. The Morgan fingerprint density at radius 2 is 2.10 bits per heavy atom. The van der Waals surface area contributed by atoms with Crippen LogP contribution in [-0.2, 0) is 14.3 Å². The maximum Gasteiger partial charge on any atom is 0.307 e. The summed E-state index contributed by atoms with van der Waals surface area (Å²) in [6, 6.07) is 3.40. The first-order valence-electron chi connectivity index (χ1n) is 6.12. The first-order valence-corrected chi connectivity index (χ1v) is 7.00. The zero-order chi connectivity index (χ0) is 14.8. The molecule has 0 saturated carbocycles. The quantitative estimate of drug-likeness (QED) is 0.376. The number of esters is 1. The molecule has 0 aliphatic carbocycles. The molecule has 1 heterocycles. The van der Waals surface area contributed by atoms with Crippen LogP contribution in [0.4, 0.5) is 0 Å². The number of ether oxygens (including phenoxy) is 1. The number of hydrogen-bond donors (Lipinski definition) is 3. The number of nitrogens with one attached hydrogen (secondary N) is 3. The van der Waals surface area contributed by atoms with E-state index in [0.717, 1.165) is 0 Å². The molecule has 8 heteroatoms. The molecule has 0 spiro atoms. The first-order chi connectivity index (χ1) is 9.63. The van der Waals surface area contributed by atoms with Crippen molar-refractivity contribution in [2.75, 3.05) is 19.7 Å². The summed E-state index contributed by atoms with van der Waals surface area (Å²) in [6.07, 6.45) is 0.197. The highest BCUT2D eigenvalue weighted by molar-refractivity contribution is 7.12. The Bertz CT molecular complexity index is 448. The van der Waals surface area contributed by atoms with Gasteiger partial charge in [0.25, 0.3) is 11.8 Å². The van der Waals surface area contributed by atoms with Gasteiger partial charge in [0.15, 0.2) is 0 Å². The van der Waals surface area contributed by atoms with E-state index in [9.17, 15) is 14.4 Å². The van der Waals surface area contributed by atoms with Gasteiger partial charge in [0, 0.05) is 6.54 Å². The predicted octanol–water partition coefficient (Wildman–Crippen LogP) is 0.0519. The monoisotopic (exact) mass is 299 g/mol. The maximum atomic E-state index is 11.5. The summed E-state index contributed by atoms with van der Waals surface area (Å²) in [4.78, 5) is 34.4. The summed E-state index contributed by atoms with van der Waals surface area (Å²) in [7, 11) is 0. The summed E-state index contributed by atoms with van der Waals surface area (Å²) < 4.78 is 4.73. The fraction of sp³-hybridized carbons (Fsp3) is 0.417. The summed E-state index contributed by atoms with van der Waals surface area (Å²) >= 11 is 1.28. The highest BCUT2D eigenvalue weighted by Gasteiger charge is 2.08. The van der Waals surface area contributed by atoms with Crippen molar-refractivity contribution in [1.82, 2.24) is 16.2 Å². The zero-order valence-electron chi connectivity index (χ0n) is 11.1. The second-order valence-corrected chi connectivity index (χ2v) is 4.66. The molecule has 7 nitrogen and oxygen atoms in total. The molecule has 0 atom stereocenters. The molecule has 1 rings (SSSR count). The Balaban J connectivity index is 2.09. The largest absolute Gasteiger partial charge is 0.466 e.